The number of hydrogen-bond acceptors (Lipinski definition) is 2. The number of aliphatic imine (C=N–C) groups is 1. The molecular formula is C9H13NO. The normalized spacial score (nSPS) is 16.8. The second-order valence-corrected chi connectivity index (χ2v) is 3.72. The van der Waals surface area contributed by atoms with Crippen LogP contribution in [-0.4, -0.2) is 12.0 Å². The Kier molecular flexibility index (Phi) is 1.94. The molecule has 0 bridgehead atoms. The lowest BCUT2D eigenvalue weighted by Gasteiger charge is -2.15. The third-order valence-corrected chi connectivity index (χ3v) is 1.56. The van der Waals surface area contributed by atoms with Gasteiger partial charge in [0.25, 0.3) is 0 Å². The molecule has 2 nitrogen and oxygen atoms in total. The molecular weight excluding hydrogens is 138 g/mol. The summed E-state index contributed by atoms with van der Waals surface area (Å²) < 4.78 is 0. The van der Waals surface area contributed by atoms with E-state index < -0.39 is 0 Å². The maximum atomic E-state index is 11.5. The minimum atomic E-state index is -0.298. The number of carbonyl (C=O) groups excluding carboxylic acids is 1. The summed E-state index contributed by atoms with van der Waals surface area (Å²) >= 11 is 0. The van der Waals surface area contributed by atoms with E-state index in [4.69, 9.17) is 0 Å². The molecule has 0 aromatic carbocycles. The lowest BCUT2D eigenvalue weighted by Crippen LogP contribution is -2.20. The Labute approximate surface area is 67.0 Å². The number of ketones is 1. The molecule has 0 aromatic heterocycles. The number of carbonyl (C=O) groups is 1. The topological polar surface area (TPSA) is 29.4 Å². The van der Waals surface area contributed by atoms with Crippen LogP contribution in [-0.2, 0) is 4.79 Å². The van der Waals surface area contributed by atoms with Crippen molar-refractivity contribution in [3.05, 3.63) is 11.8 Å². The first-order chi connectivity index (χ1) is 5.02. The van der Waals surface area contributed by atoms with Gasteiger partial charge >= 0.3 is 0 Å². The van der Waals surface area contributed by atoms with Crippen LogP contribution in [0.1, 0.15) is 27.2 Å². The highest BCUT2D eigenvalue weighted by Crippen LogP contribution is 2.22. The van der Waals surface area contributed by atoms with Gasteiger partial charge in [0.15, 0.2) is 5.78 Å². The predicted molar refractivity (Wildman–Crippen MR) is 45.7 cm³/mol. The third kappa shape index (κ3) is 1.76. The predicted octanol–water partition coefficient (Wildman–Crippen LogP) is 1.96. The second kappa shape index (κ2) is 2.61. The van der Waals surface area contributed by atoms with Gasteiger partial charge in [-0.2, -0.15) is 0 Å². The van der Waals surface area contributed by atoms with Crippen molar-refractivity contribution < 1.29 is 4.79 Å². The second-order valence-electron chi connectivity index (χ2n) is 3.72. The van der Waals surface area contributed by atoms with E-state index in [1.54, 1.807) is 6.21 Å². The third-order valence-electron chi connectivity index (χ3n) is 1.56. The average Bonchev–Trinajstić information content (AvgIpc) is 2.34. The summed E-state index contributed by atoms with van der Waals surface area (Å²) in [6.07, 6.45) is 4.43. The molecule has 1 aliphatic rings. The van der Waals surface area contributed by atoms with Gasteiger partial charge in [-0.15, -0.1) is 0 Å². The number of rotatable bonds is 1. The van der Waals surface area contributed by atoms with Gasteiger partial charge in [-0.1, -0.05) is 20.8 Å². The maximum Gasteiger partial charge on any atom is 0.186 e. The quantitative estimate of drug-likeness (QED) is 0.563. The zero-order chi connectivity index (χ0) is 8.48. The van der Waals surface area contributed by atoms with Crippen molar-refractivity contribution in [1.82, 2.24) is 0 Å². The minimum Gasteiger partial charge on any atom is -0.292 e. The molecule has 0 spiro atoms. The summed E-state index contributed by atoms with van der Waals surface area (Å²) in [6.45, 7) is 5.72. The van der Waals surface area contributed by atoms with Gasteiger partial charge in [0.1, 0.15) is 5.70 Å². The van der Waals surface area contributed by atoms with Crippen molar-refractivity contribution in [1.29, 1.82) is 0 Å². The Hall–Kier alpha value is -0.920. The molecule has 0 atom stereocenters. The van der Waals surface area contributed by atoms with Crippen LogP contribution in [0.4, 0.5) is 0 Å². The lowest BCUT2D eigenvalue weighted by molar-refractivity contribution is -0.122. The van der Waals surface area contributed by atoms with Crippen molar-refractivity contribution in [2.45, 2.75) is 27.2 Å². The maximum absolute atomic E-state index is 11.5. The summed E-state index contributed by atoms with van der Waals surface area (Å²) in [5.41, 5.74) is 0.325. The molecule has 0 amide bonds. The van der Waals surface area contributed by atoms with E-state index >= 15 is 0 Å². The first-order valence-corrected chi connectivity index (χ1v) is 3.79. The van der Waals surface area contributed by atoms with E-state index in [2.05, 4.69) is 4.99 Å². The summed E-state index contributed by atoms with van der Waals surface area (Å²) in [7, 11) is 0. The number of Topliss-reactive ketones (excluding diaryl/α,β-unsaturated/α-hetero) is 1. The Balaban J connectivity index is 2.77. The molecule has 0 radical (unpaired) electrons. The Bertz CT molecular complexity index is 230. The van der Waals surface area contributed by atoms with Crippen LogP contribution in [0.15, 0.2) is 16.8 Å². The molecule has 0 fully saturated rings. The molecule has 1 aliphatic heterocycles. The number of hydrogen-bond donors (Lipinski definition) is 0. The van der Waals surface area contributed by atoms with Crippen LogP contribution in [0.3, 0.4) is 0 Å². The molecule has 11 heavy (non-hydrogen) atoms. The van der Waals surface area contributed by atoms with Crippen molar-refractivity contribution in [3.8, 4) is 0 Å². The van der Waals surface area contributed by atoms with Crippen LogP contribution in [0.25, 0.3) is 0 Å². The van der Waals surface area contributed by atoms with Gasteiger partial charge in [-0.3, -0.25) is 9.79 Å². The standard InChI is InChI=1S/C9H13NO/c1-9(2,3)8(11)7-5-4-6-10-7/h5-6H,4H2,1-3H3. The van der Waals surface area contributed by atoms with E-state index in [0.717, 1.165) is 6.42 Å². The Morgan fingerprint density at radius 2 is 2.18 bits per heavy atom. The highest BCUT2D eigenvalue weighted by Gasteiger charge is 2.25. The molecule has 60 valence electrons. The van der Waals surface area contributed by atoms with E-state index in [1.807, 2.05) is 26.8 Å². The molecule has 0 N–H and O–H groups in total. The summed E-state index contributed by atoms with van der Waals surface area (Å²) in [6, 6.07) is 0. The molecule has 2 heteroatoms. The van der Waals surface area contributed by atoms with Crippen LogP contribution in [0.5, 0.6) is 0 Å². The van der Waals surface area contributed by atoms with E-state index in [-0.39, 0.29) is 11.2 Å². The number of nitrogens with zero attached hydrogens (tertiary/aromatic N) is 1. The van der Waals surface area contributed by atoms with Gasteiger partial charge < -0.3 is 0 Å². The first-order valence-electron chi connectivity index (χ1n) is 3.79. The van der Waals surface area contributed by atoms with E-state index in [9.17, 15) is 4.79 Å². The highest BCUT2D eigenvalue weighted by molar-refractivity contribution is 6.01. The fourth-order valence-corrected chi connectivity index (χ4v) is 0.904. The van der Waals surface area contributed by atoms with Crippen molar-refractivity contribution in [2.24, 2.45) is 10.4 Å². The van der Waals surface area contributed by atoms with Crippen LogP contribution in [0, 0.1) is 5.41 Å². The Morgan fingerprint density at radius 1 is 1.55 bits per heavy atom. The van der Waals surface area contributed by atoms with E-state index in [1.165, 1.54) is 0 Å². The zero-order valence-electron chi connectivity index (χ0n) is 7.22. The van der Waals surface area contributed by atoms with Gasteiger partial charge in [0.2, 0.25) is 0 Å². The van der Waals surface area contributed by atoms with Gasteiger partial charge in [-0.25, -0.2) is 0 Å². The first kappa shape index (κ1) is 8.18. The van der Waals surface area contributed by atoms with Crippen molar-refractivity contribution in [3.63, 3.8) is 0 Å². The molecule has 0 saturated heterocycles. The molecule has 0 aromatic rings. The minimum absolute atomic E-state index is 0.131. The van der Waals surface area contributed by atoms with Crippen LogP contribution >= 0.6 is 0 Å². The zero-order valence-corrected chi connectivity index (χ0v) is 7.22. The molecule has 0 saturated carbocycles. The van der Waals surface area contributed by atoms with Gasteiger partial charge in [-0.05, 0) is 6.08 Å². The van der Waals surface area contributed by atoms with Crippen LogP contribution in [0.2, 0.25) is 0 Å². The summed E-state index contributed by atoms with van der Waals surface area (Å²) in [5.74, 6) is 0.131. The lowest BCUT2D eigenvalue weighted by atomic mass is 9.89. The highest BCUT2D eigenvalue weighted by atomic mass is 16.1. The Morgan fingerprint density at radius 3 is 2.55 bits per heavy atom. The molecule has 1 heterocycles. The summed E-state index contributed by atoms with van der Waals surface area (Å²) in [5, 5.41) is 0. The van der Waals surface area contributed by atoms with Gasteiger partial charge in [0.05, 0.1) is 0 Å². The van der Waals surface area contributed by atoms with Crippen molar-refractivity contribution in [2.75, 3.05) is 0 Å². The average molecular weight is 151 g/mol. The fraction of sp³-hybridized carbons (Fsp3) is 0.556. The van der Waals surface area contributed by atoms with E-state index in [0.29, 0.717) is 5.70 Å². The summed E-state index contributed by atoms with van der Waals surface area (Å²) in [4.78, 5) is 15.5. The smallest absolute Gasteiger partial charge is 0.186 e. The number of allylic oxidation sites excluding steroid dienone is 2. The van der Waals surface area contributed by atoms with Crippen LogP contribution < -0.4 is 0 Å². The molecule has 0 aliphatic carbocycles. The molecule has 1 rings (SSSR count). The SMILES string of the molecule is CC(C)(C)C(=O)C1=CCC=N1. The largest absolute Gasteiger partial charge is 0.292 e. The van der Waals surface area contributed by atoms with Crippen molar-refractivity contribution >= 4 is 12.0 Å². The fourth-order valence-electron chi connectivity index (χ4n) is 0.904. The molecule has 0 unspecified atom stereocenters. The monoisotopic (exact) mass is 151 g/mol. The van der Waals surface area contributed by atoms with Gasteiger partial charge in [0, 0.05) is 18.1 Å².